The van der Waals surface area contributed by atoms with E-state index in [0.29, 0.717) is 12.5 Å². The number of hydrogen-bond acceptors (Lipinski definition) is 4. The Morgan fingerprint density at radius 3 is 2.80 bits per heavy atom. The van der Waals surface area contributed by atoms with Gasteiger partial charge in [-0.1, -0.05) is 0 Å². The van der Waals surface area contributed by atoms with Crippen LogP contribution < -0.4 is 0 Å². The summed E-state index contributed by atoms with van der Waals surface area (Å²) in [5, 5.41) is 15.8. The minimum absolute atomic E-state index is 0.00829. The molecule has 1 aliphatic carbocycles. The average molecular weight is 278 g/mol. The molecular formula is C13H18N4O3. The first kappa shape index (κ1) is 13.1. The van der Waals surface area contributed by atoms with Crippen molar-refractivity contribution in [2.45, 2.75) is 50.5 Å². The van der Waals surface area contributed by atoms with Gasteiger partial charge in [-0.2, -0.15) is 0 Å². The number of nitrogens with zero attached hydrogens (tertiary/aromatic N) is 3. The van der Waals surface area contributed by atoms with Crippen LogP contribution in [0.4, 0.5) is 0 Å². The smallest absolute Gasteiger partial charge is 0.305 e. The summed E-state index contributed by atoms with van der Waals surface area (Å²) in [4.78, 5) is 29.2. The van der Waals surface area contributed by atoms with Gasteiger partial charge in [-0.15, -0.1) is 5.10 Å². The molecule has 108 valence electrons. The lowest BCUT2D eigenvalue weighted by atomic mass is 9.99. The number of hydrogen-bond donors (Lipinski definition) is 2. The number of likely N-dealkylation sites (tertiary alicyclic amines) is 1. The van der Waals surface area contributed by atoms with Gasteiger partial charge in [0.05, 0.1) is 6.42 Å². The SMILES string of the molecule is O=C(O)CC1CCCCN1C(=O)c1n[nH]c(C2CC2)n1. The molecule has 1 aromatic heterocycles. The Bertz CT molecular complexity index is 523. The van der Waals surface area contributed by atoms with Gasteiger partial charge >= 0.3 is 5.97 Å². The van der Waals surface area contributed by atoms with Crippen LogP contribution in [0, 0.1) is 0 Å². The van der Waals surface area contributed by atoms with Gasteiger partial charge in [0.15, 0.2) is 0 Å². The molecule has 1 amide bonds. The molecule has 3 rings (SSSR count). The standard InChI is InChI=1S/C13H18N4O3/c18-10(19)7-9-3-1-2-6-17(9)13(20)12-14-11(15-16-12)8-4-5-8/h8-9H,1-7H2,(H,18,19)(H,14,15,16). The zero-order chi connectivity index (χ0) is 14.1. The molecule has 0 aromatic carbocycles. The summed E-state index contributed by atoms with van der Waals surface area (Å²) in [6.45, 7) is 0.587. The van der Waals surface area contributed by atoms with Crippen LogP contribution in [0.25, 0.3) is 0 Å². The van der Waals surface area contributed by atoms with Crippen molar-refractivity contribution in [1.82, 2.24) is 20.1 Å². The second-order valence-electron chi connectivity index (χ2n) is 5.56. The van der Waals surface area contributed by atoms with Gasteiger partial charge in [0, 0.05) is 18.5 Å². The molecule has 7 heteroatoms. The number of carbonyl (C=O) groups excluding carboxylic acids is 1. The highest BCUT2D eigenvalue weighted by atomic mass is 16.4. The van der Waals surface area contributed by atoms with Crippen molar-refractivity contribution in [3.63, 3.8) is 0 Å². The van der Waals surface area contributed by atoms with Gasteiger partial charge in [0.1, 0.15) is 5.82 Å². The molecule has 1 aromatic rings. The fraction of sp³-hybridized carbons (Fsp3) is 0.692. The number of H-pyrrole nitrogens is 1. The Kier molecular flexibility index (Phi) is 3.42. The second kappa shape index (κ2) is 5.22. The van der Waals surface area contributed by atoms with Gasteiger partial charge in [-0.25, -0.2) is 4.98 Å². The van der Waals surface area contributed by atoms with Crippen LogP contribution in [0.2, 0.25) is 0 Å². The number of nitrogens with one attached hydrogen (secondary N) is 1. The Morgan fingerprint density at radius 2 is 2.10 bits per heavy atom. The van der Waals surface area contributed by atoms with Crippen LogP contribution in [0.15, 0.2) is 0 Å². The zero-order valence-electron chi connectivity index (χ0n) is 11.2. The fourth-order valence-corrected chi connectivity index (χ4v) is 2.72. The van der Waals surface area contributed by atoms with E-state index in [1.165, 1.54) is 0 Å². The molecule has 1 atom stereocenters. The summed E-state index contributed by atoms with van der Waals surface area (Å²) in [5.74, 6) is 0.243. The maximum Gasteiger partial charge on any atom is 0.305 e. The van der Waals surface area contributed by atoms with Gasteiger partial charge in [0.2, 0.25) is 5.82 Å². The predicted octanol–water partition coefficient (Wildman–Crippen LogP) is 1.15. The highest BCUT2D eigenvalue weighted by molar-refractivity contribution is 5.91. The van der Waals surface area contributed by atoms with E-state index < -0.39 is 5.97 Å². The maximum atomic E-state index is 12.4. The third-order valence-electron chi connectivity index (χ3n) is 3.96. The minimum Gasteiger partial charge on any atom is -0.481 e. The normalized spacial score (nSPS) is 22.8. The summed E-state index contributed by atoms with van der Waals surface area (Å²) in [6.07, 6.45) is 4.77. The predicted molar refractivity (Wildman–Crippen MR) is 69.3 cm³/mol. The highest BCUT2D eigenvalue weighted by Crippen LogP contribution is 2.37. The monoisotopic (exact) mass is 278 g/mol. The number of carboxylic acids is 1. The van der Waals surface area contributed by atoms with Gasteiger partial charge < -0.3 is 10.0 Å². The van der Waals surface area contributed by atoms with Crippen LogP contribution in [-0.4, -0.2) is 49.7 Å². The first-order valence-electron chi connectivity index (χ1n) is 7.10. The molecule has 7 nitrogen and oxygen atoms in total. The number of piperidine rings is 1. The third kappa shape index (κ3) is 2.66. The quantitative estimate of drug-likeness (QED) is 0.860. The van der Waals surface area contributed by atoms with Crippen molar-refractivity contribution >= 4 is 11.9 Å². The number of amides is 1. The van der Waals surface area contributed by atoms with Crippen molar-refractivity contribution in [3.05, 3.63) is 11.6 Å². The maximum absolute atomic E-state index is 12.4. The van der Waals surface area contributed by atoms with Crippen molar-refractivity contribution in [2.24, 2.45) is 0 Å². The topological polar surface area (TPSA) is 99.2 Å². The lowest BCUT2D eigenvalue weighted by molar-refractivity contribution is -0.138. The van der Waals surface area contributed by atoms with E-state index in [1.807, 2.05) is 0 Å². The minimum atomic E-state index is -0.872. The largest absolute Gasteiger partial charge is 0.481 e. The van der Waals surface area contributed by atoms with Crippen molar-refractivity contribution in [2.75, 3.05) is 6.54 Å². The Labute approximate surface area is 116 Å². The van der Waals surface area contributed by atoms with E-state index in [0.717, 1.165) is 37.9 Å². The molecular weight excluding hydrogens is 260 g/mol. The Morgan fingerprint density at radius 1 is 1.30 bits per heavy atom. The lowest BCUT2D eigenvalue weighted by Gasteiger charge is -2.34. The lowest BCUT2D eigenvalue weighted by Crippen LogP contribution is -2.45. The van der Waals surface area contributed by atoms with Crippen LogP contribution in [0.5, 0.6) is 0 Å². The molecule has 2 heterocycles. The van der Waals surface area contributed by atoms with E-state index in [1.54, 1.807) is 4.90 Å². The summed E-state index contributed by atoms with van der Waals surface area (Å²) < 4.78 is 0. The van der Waals surface area contributed by atoms with Crippen molar-refractivity contribution in [3.8, 4) is 0 Å². The van der Waals surface area contributed by atoms with E-state index in [-0.39, 0.29) is 24.2 Å². The van der Waals surface area contributed by atoms with Gasteiger partial charge in [-0.3, -0.25) is 14.7 Å². The number of carboxylic acid groups (broad SMARTS) is 1. The molecule has 1 aliphatic heterocycles. The number of aromatic amines is 1. The van der Waals surface area contributed by atoms with Crippen LogP contribution in [0.1, 0.15) is 60.9 Å². The van der Waals surface area contributed by atoms with E-state index >= 15 is 0 Å². The second-order valence-corrected chi connectivity index (χ2v) is 5.56. The summed E-state index contributed by atoms with van der Waals surface area (Å²) in [7, 11) is 0. The molecule has 1 saturated carbocycles. The number of carbonyl (C=O) groups is 2. The average Bonchev–Trinajstić information content (AvgIpc) is 3.16. The van der Waals surface area contributed by atoms with Gasteiger partial charge in [-0.05, 0) is 32.1 Å². The first-order chi connectivity index (χ1) is 9.65. The summed E-state index contributed by atoms with van der Waals surface area (Å²) in [5.41, 5.74) is 0. The number of aliphatic carboxylic acids is 1. The van der Waals surface area contributed by atoms with E-state index in [2.05, 4.69) is 15.2 Å². The van der Waals surface area contributed by atoms with E-state index in [4.69, 9.17) is 5.11 Å². The van der Waals surface area contributed by atoms with Crippen LogP contribution in [0.3, 0.4) is 0 Å². The summed E-state index contributed by atoms with van der Waals surface area (Å²) in [6, 6.07) is -0.239. The number of aromatic nitrogens is 3. The van der Waals surface area contributed by atoms with Crippen molar-refractivity contribution < 1.29 is 14.7 Å². The zero-order valence-corrected chi connectivity index (χ0v) is 11.2. The highest BCUT2D eigenvalue weighted by Gasteiger charge is 2.33. The first-order valence-corrected chi connectivity index (χ1v) is 7.10. The molecule has 0 spiro atoms. The van der Waals surface area contributed by atoms with Crippen LogP contribution in [-0.2, 0) is 4.79 Å². The molecule has 2 N–H and O–H groups in total. The molecule has 1 saturated heterocycles. The molecule has 20 heavy (non-hydrogen) atoms. The van der Waals surface area contributed by atoms with Crippen molar-refractivity contribution in [1.29, 1.82) is 0 Å². The molecule has 0 radical (unpaired) electrons. The molecule has 2 fully saturated rings. The van der Waals surface area contributed by atoms with E-state index in [9.17, 15) is 9.59 Å². The molecule has 1 unspecified atom stereocenters. The Balaban J connectivity index is 1.73. The fourth-order valence-electron chi connectivity index (χ4n) is 2.72. The Hall–Kier alpha value is -1.92. The summed E-state index contributed by atoms with van der Waals surface area (Å²) >= 11 is 0. The third-order valence-corrected chi connectivity index (χ3v) is 3.96. The van der Waals surface area contributed by atoms with Crippen LogP contribution >= 0.6 is 0 Å². The molecule has 0 bridgehead atoms. The van der Waals surface area contributed by atoms with Gasteiger partial charge in [0.25, 0.3) is 5.91 Å². The number of rotatable bonds is 4. The molecule has 2 aliphatic rings.